The van der Waals surface area contributed by atoms with Crippen molar-refractivity contribution in [1.82, 2.24) is 35.5 Å². The van der Waals surface area contributed by atoms with E-state index in [4.69, 9.17) is 11.6 Å². The Morgan fingerprint density at radius 2 is 2.04 bits per heavy atom. The number of rotatable bonds is 6. The zero-order chi connectivity index (χ0) is 16.8. The molecular weight excluding hydrogens is 332 g/mol. The molecule has 9 nitrogen and oxygen atoms in total. The van der Waals surface area contributed by atoms with Gasteiger partial charge in [0.1, 0.15) is 6.33 Å². The lowest BCUT2D eigenvalue weighted by atomic mass is 10.2. The molecule has 3 rings (SSSR count). The molecule has 0 unspecified atom stereocenters. The van der Waals surface area contributed by atoms with Gasteiger partial charge in [-0.3, -0.25) is 4.79 Å². The summed E-state index contributed by atoms with van der Waals surface area (Å²) in [4.78, 5) is 20.2. The summed E-state index contributed by atoms with van der Waals surface area (Å²) >= 11 is 6.17. The Hall–Kier alpha value is -3.07. The molecule has 122 valence electrons. The number of tetrazole rings is 1. The van der Waals surface area contributed by atoms with Crippen LogP contribution in [0.1, 0.15) is 10.4 Å². The number of hydrogen-bond donors (Lipinski definition) is 2. The molecule has 0 aliphatic heterocycles. The molecule has 0 aliphatic rings. The molecule has 0 aliphatic carbocycles. The molecule has 0 radical (unpaired) electrons. The molecule has 0 spiro atoms. The number of aromatic nitrogens is 6. The average molecular weight is 345 g/mol. The van der Waals surface area contributed by atoms with Crippen LogP contribution < -0.4 is 10.6 Å². The standard InChI is InChI=1S/C14H13ClN8O/c15-12-8-10(23-9-20-21-22-23)2-3-11(12)13(24)16-6-7-19-14-17-4-1-5-18-14/h1-5,8-9H,6-7H2,(H,16,24)(H,17,18,19). The van der Waals surface area contributed by atoms with E-state index < -0.39 is 0 Å². The smallest absolute Gasteiger partial charge is 0.252 e. The zero-order valence-electron chi connectivity index (χ0n) is 12.4. The van der Waals surface area contributed by atoms with Crippen molar-refractivity contribution < 1.29 is 4.79 Å². The maximum absolute atomic E-state index is 12.2. The Morgan fingerprint density at radius 3 is 2.75 bits per heavy atom. The molecule has 3 aromatic rings. The zero-order valence-corrected chi connectivity index (χ0v) is 13.2. The average Bonchev–Trinajstić information content (AvgIpc) is 3.14. The molecule has 0 bridgehead atoms. The van der Waals surface area contributed by atoms with Crippen LogP contribution in [0.15, 0.2) is 43.0 Å². The quantitative estimate of drug-likeness (QED) is 0.640. The number of nitrogens with zero attached hydrogens (tertiary/aromatic N) is 6. The summed E-state index contributed by atoms with van der Waals surface area (Å²) in [6.07, 6.45) is 4.72. The second-order valence-electron chi connectivity index (χ2n) is 4.67. The van der Waals surface area contributed by atoms with E-state index in [1.807, 2.05) is 0 Å². The van der Waals surface area contributed by atoms with Gasteiger partial charge in [0.2, 0.25) is 5.95 Å². The minimum absolute atomic E-state index is 0.265. The minimum atomic E-state index is -0.265. The summed E-state index contributed by atoms with van der Waals surface area (Å²) in [6, 6.07) is 6.70. The lowest BCUT2D eigenvalue weighted by Gasteiger charge is -2.09. The molecule has 10 heteroatoms. The van der Waals surface area contributed by atoms with Crippen LogP contribution in [0.5, 0.6) is 0 Å². The Bertz CT molecular complexity index is 809. The van der Waals surface area contributed by atoms with E-state index in [9.17, 15) is 4.79 Å². The molecule has 0 fully saturated rings. The number of anilines is 1. The van der Waals surface area contributed by atoms with Crippen LogP contribution in [0.3, 0.4) is 0 Å². The molecule has 24 heavy (non-hydrogen) atoms. The van der Waals surface area contributed by atoms with Gasteiger partial charge in [-0.2, -0.15) is 0 Å². The van der Waals surface area contributed by atoms with Gasteiger partial charge in [0, 0.05) is 25.5 Å². The highest BCUT2D eigenvalue weighted by molar-refractivity contribution is 6.34. The maximum Gasteiger partial charge on any atom is 0.252 e. The maximum atomic E-state index is 12.2. The third-order valence-electron chi connectivity index (χ3n) is 3.07. The van der Waals surface area contributed by atoms with Crippen LogP contribution in [0.25, 0.3) is 5.69 Å². The molecule has 1 amide bonds. The first kappa shape index (κ1) is 15.8. The van der Waals surface area contributed by atoms with E-state index in [1.54, 1.807) is 36.7 Å². The number of nitrogens with one attached hydrogen (secondary N) is 2. The summed E-state index contributed by atoms with van der Waals surface area (Å²) < 4.78 is 1.46. The van der Waals surface area contributed by atoms with Gasteiger partial charge >= 0.3 is 0 Å². The molecule has 0 atom stereocenters. The van der Waals surface area contributed by atoms with E-state index in [2.05, 4.69) is 36.1 Å². The van der Waals surface area contributed by atoms with Gasteiger partial charge in [-0.15, -0.1) is 5.10 Å². The number of hydrogen-bond acceptors (Lipinski definition) is 7. The van der Waals surface area contributed by atoms with Gasteiger partial charge in [0.25, 0.3) is 5.91 Å². The Kier molecular flexibility index (Phi) is 4.92. The van der Waals surface area contributed by atoms with Gasteiger partial charge in [-0.05, 0) is 34.7 Å². The first-order valence-electron chi connectivity index (χ1n) is 7.06. The van der Waals surface area contributed by atoms with Crippen LogP contribution in [0.2, 0.25) is 5.02 Å². The van der Waals surface area contributed by atoms with E-state index in [0.29, 0.717) is 35.3 Å². The van der Waals surface area contributed by atoms with Gasteiger partial charge in [-0.25, -0.2) is 14.6 Å². The Labute approximate surface area is 142 Å². The predicted octanol–water partition coefficient (Wildman–Crippen LogP) is 0.948. The molecule has 1 aromatic carbocycles. The topological polar surface area (TPSA) is 111 Å². The van der Waals surface area contributed by atoms with Gasteiger partial charge < -0.3 is 10.6 Å². The van der Waals surface area contributed by atoms with Crippen LogP contribution in [0, 0.1) is 0 Å². The lowest BCUT2D eigenvalue weighted by molar-refractivity contribution is 0.0955. The van der Waals surface area contributed by atoms with Crippen molar-refractivity contribution in [3.8, 4) is 5.69 Å². The molecule has 2 heterocycles. The van der Waals surface area contributed by atoms with Crippen molar-refractivity contribution >= 4 is 23.5 Å². The first-order valence-corrected chi connectivity index (χ1v) is 7.44. The molecule has 2 aromatic heterocycles. The van der Waals surface area contributed by atoms with Crippen molar-refractivity contribution in [1.29, 1.82) is 0 Å². The number of benzene rings is 1. The largest absolute Gasteiger partial charge is 0.352 e. The fourth-order valence-electron chi connectivity index (χ4n) is 1.95. The van der Waals surface area contributed by atoms with E-state index >= 15 is 0 Å². The highest BCUT2D eigenvalue weighted by Crippen LogP contribution is 2.19. The number of carbonyl (C=O) groups is 1. The van der Waals surface area contributed by atoms with Crippen molar-refractivity contribution in [2.75, 3.05) is 18.4 Å². The van der Waals surface area contributed by atoms with Crippen molar-refractivity contribution in [2.24, 2.45) is 0 Å². The second-order valence-corrected chi connectivity index (χ2v) is 5.08. The normalized spacial score (nSPS) is 10.4. The highest BCUT2D eigenvalue weighted by Gasteiger charge is 2.11. The van der Waals surface area contributed by atoms with E-state index in [-0.39, 0.29) is 5.91 Å². The van der Waals surface area contributed by atoms with Gasteiger partial charge in [-0.1, -0.05) is 11.6 Å². The van der Waals surface area contributed by atoms with Crippen molar-refractivity contribution in [3.05, 3.63) is 53.6 Å². The summed E-state index contributed by atoms with van der Waals surface area (Å²) in [6.45, 7) is 0.901. The van der Waals surface area contributed by atoms with E-state index in [0.717, 1.165) is 0 Å². The summed E-state index contributed by atoms with van der Waals surface area (Å²) in [5.41, 5.74) is 1.05. The number of carbonyl (C=O) groups excluding carboxylic acids is 1. The third-order valence-corrected chi connectivity index (χ3v) is 3.38. The molecule has 0 saturated heterocycles. The summed E-state index contributed by atoms with van der Waals surface area (Å²) in [7, 11) is 0. The third kappa shape index (κ3) is 3.82. The molecular formula is C14H13ClN8O. The van der Waals surface area contributed by atoms with Crippen molar-refractivity contribution in [3.63, 3.8) is 0 Å². The van der Waals surface area contributed by atoms with Crippen LogP contribution in [-0.2, 0) is 0 Å². The van der Waals surface area contributed by atoms with E-state index in [1.165, 1.54) is 11.0 Å². The highest BCUT2D eigenvalue weighted by atomic mass is 35.5. The van der Waals surface area contributed by atoms with Crippen LogP contribution >= 0.6 is 11.6 Å². The SMILES string of the molecule is O=C(NCCNc1ncccn1)c1ccc(-n2cnnn2)cc1Cl. The number of amides is 1. The summed E-state index contributed by atoms with van der Waals surface area (Å²) in [5.74, 6) is 0.245. The lowest BCUT2D eigenvalue weighted by Crippen LogP contribution is -2.29. The van der Waals surface area contributed by atoms with Crippen molar-refractivity contribution in [2.45, 2.75) is 0 Å². The van der Waals surface area contributed by atoms with Crippen LogP contribution in [-0.4, -0.2) is 49.2 Å². The Balaban J connectivity index is 1.55. The molecule has 0 saturated carbocycles. The fraction of sp³-hybridized carbons (Fsp3) is 0.143. The van der Waals surface area contributed by atoms with Crippen LogP contribution in [0.4, 0.5) is 5.95 Å². The molecule has 2 N–H and O–H groups in total. The minimum Gasteiger partial charge on any atom is -0.352 e. The van der Waals surface area contributed by atoms with Gasteiger partial charge in [0.15, 0.2) is 0 Å². The fourth-order valence-corrected chi connectivity index (χ4v) is 2.21. The summed E-state index contributed by atoms with van der Waals surface area (Å²) in [5, 5.41) is 17.0. The predicted molar refractivity (Wildman–Crippen MR) is 87.0 cm³/mol. The number of halogens is 1. The first-order chi connectivity index (χ1) is 11.7. The monoisotopic (exact) mass is 344 g/mol. The Morgan fingerprint density at radius 1 is 1.21 bits per heavy atom. The second kappa shape index (κ2) is 7.47. The van der Waals surface area contributed by atoms with Gasteiger partial charge in [0.05, 0.1) is 16.3 Å².